The Morgan fingerprint density at radius 3 is 2.40 bits per heavy atom. The third kappa shape index (κ3) is 4.98. The van der Waals surface area contributed by atoms with Crippen molar-refractivity contribution in [3.05, 3.63) is 0 Å². The Balaban J connectivity index is 2.25. The molecule has 1 unspecified atom stereocenters. The van der Waals surface area contributed by atoms with Gasteiger partial charge < -0.3 is 9.84 Å². The second kappa shape index (κ2) is 5.86. The Hall–Kier alpha value is -0.0800. The first kappa shape index (κ1) is 13.0. The van der Waals surface area contributed by atoms with Crippen LogP contribution in [0.1, 0.15) is 58.8 Å². The van der Waals surface area contributed by atoms with E-state index in [2.05, 4.69) is 0 Å². The van der Waals surface area contributed by atoms with E-state index in [-0.39, 0.29) is 11.7 Å². The van der Waals surface area contributed by atoms with Gasteiger partial charge in [0, 0.05) is 13.5 Å². The minimum Gasteiger partial charge on any atom is -0.393 e. The van der Waals surface area contributed by atoms with Crippen molar-refractivity contribution in [1.82, 2.24) is 0 Å². The summed E-state index contributed by atoms with van der Waals surface area (Å²) in [4.78, 5) is 0. The van der Waals surface area contributed by atoms with E-state index in [1.807, 2.05) is 13.8 Å². The Morgan fingerprint density at radius 1 is 1.27 bits per heavy atom. The molecule has 0 aromatic rings. The highest BCUT2D eigenvalue weighted by Crippen LogP contribution is 2.29. The molecule has 1 N–H and O–H groups in total. The molecule has 15 heavy (non-hydrogen) atoms. The molecule has 1 rings (SSSR count). The summed E-state index contributed by atoms with van der Waals surface area (Å²) in [6, 6.07) is 0. The number of rotatable bonds is 5. The fourth-order valence-corrected chi connectivity index (χ4v) is 2.54. The van der Waals surface area contributed by atoms with Gasteiger partial charge in [-0.3, -0.25) is 0 Å². The lowest BCUT2D eigenvalue weighted by Crippen LogP contribution is -2.30. The Morgan fingerprint density at radius 2 is 1.87 bits per heavy atom. The third-order valence-corrected chi connectivity index (χ3v) is 3.61. The quantitative estimate of drug-likeness (QED) is 0.762. The van der Waals surface area contributed by atoms with Crippen LogP contribution in [0, 0.1) is 5.92 Å². The minimum atomic E-state index is -0.192. The van der Waals surface area contributed by atoms with Gasteiger partial charge in [0.2, 0.25) is 0 Å². The SMILES string of the molecule is COC(C)(C)CC(O)CC1CCCCC1. The number of ether oxygens (including phenoxy) is 1. The molecule has 2 nitrogen and oxygen atoms in total. The molecular formula is C13H26O2. The average molecular weight is 214 g/mol. The zero-order valence-corrected chi connectivity index (χ0v) is 10.5. The van der Waals surface area contributed by atoms with Gasteiger partial charge in [-0.15, -0.1) is 0 Å². The van der Waals surface area contributed by atoms with Crippen molar-refractivity contribution >= 4 is 0 Å². The topological polar surface area (TPSA) is 29.5 Å². The predicted octanol–water partition coefficient (Wildman–Crippen LogP) is 3.13. The molecular weight excluding hydrogens is 188 g/mol. The van der Waals surface area contributed by atoms with Gasteiger partial charge in [-0.1, -0.05) is 32.1 Å². The second-order valence-electron chi connectivity index (χ2n) is 5.56. The Kier molecular flexibility index (Phi) is 5.07. The average Bonchev–Trinajstić information content (AvgIpc) is 2.18. The highest BCUT2D eigenvalue weighted by atomic mass is 16.5. The van der Waals surface area contributed by atoms with Crippen LogP contribution >= 0.6 is 0 Å². The molecule has 0 amide bonds. The Labute approximate surface area is 94.0 Å². The van der Waals surface area contributed by atoms with Crippen molar-refractivity contribution < 1.29 is 9.84 Å². The van der Waals surface area contributed by atoms with Crippen LogP contribution < -0.4 is 0 Å². The molecule has 0 heterocycles. The molecule has 1 atom stereocenters. The summed E-state index contributed by atoms with van der Waals surface area (Å²) >= 11 is 0. The van der Waals surface area contributed by atoms with Crippen LogP contribution in [-0.2, 0) is 4.74 Å². The molecule has 0 aromatic carbocycles. The first-order valence-corrected chi connectivity index (χ1v) is 6.27. The molecule has 90 valence electrons. The maximum atomic E-state index is 9.99. The van der Waals surface area contributed by atoms with Gasteiger partial charge in [-0.05, 0) is 26.2 Å². The van der Waals surface area contributed by atoms with E-state index < -0.39 is 0 Å². The van der Waals surface area contributed by atoms with Crippen LogP contribution in [0.5, 0.6) is 0 Å². The molecule has 1 aliphatic carbocycles. The van der Waals surface area contributed by atoms with Gasteiger partial charge in [-0.25, -0.2) is 0 Å². The van der Waals surface area contributed by atoms with Crippen LogP contribution in [-0.4, -0.2) is 23.9 Å². The summed E-state index contributed by atoms with van der Waals surface area (Å²) in [5.74, 6) is 0.751. The molecule has 1 fully saturated rings. The van der Waals surface area contributed by atoms with Gasteiger partial charge in [0.25, 0.3) is 0 Å². The third-order valence-electron chi connectivity index (χ3n) is 3.61. The first-order chi connectivity index (χ1) is 7.03. The van der Waals surface area contributed by atoms with Crippen molar-refractivity contribution in [2.24, 2.45) is 5.92 Å². The number of hydrogen-bond acceptors (Lipinski definition) is 2. The molecule has 0 aromatic heterocycles. The lowest BCUT2D eigenvalue weighted by atomic mass is 9.83. The second-order valence-corrected chi connectivity index (χ2v) is 5.56. The van der Waals surface area contributed by atoms with E-state index in [4.69, 9.17) is 4.74 Å². The van der Waals surface area contributed by atoms with Crippen LogP contribution in [0.25, 0.3) is 0 Å². The largest absolute Gasteiger partial charge is 0.393 e. The lowest BCUT2D eigenvalue weighted by molar-refractivity contribution is -0.0256. The molecule has 0 radical (unpaired) electrons. The van der Waals surface area contributed by atoms with Crippen LogP contribution in [0.4, 0.5) is 0 Å². The molecule has 0 spiro atoms. The van der Waals surface area contributed by atoms with Gasteiger partial charge >= 0.3 is 0 Å². The van der Waals surface area contributed by atoms with Crippen LogP contribution in [0.3, 0.4) is 0 Å². The lowest BCUT2D eigenvalue weighted by Gasteiger charge is -2.29. The molecule has 0 aliphatic heterocycles. The van der Waals surface area contributed by atoms with E-state index in [0.29, 0.717) is 0 Å². The van der Waals surface area contributed by atoms with E-state index >= 15 is 0 Å². The summed E-state index contributed by atoms with van der Waals surface area (Å²) in [5.41, 5.74) is -0.186. The standard InChI is InChI=1S/C13H26O2/c1-13(2,15-3)10-12(14)9-11-7-5-4-6-8-11/h11-12,14H,4-10H2,1-3H3. The fourth-order valence-electron chi connectivity index (χ4n) is 2.54. The summed E-state index contributed by atoms with van der Waals surface area (Å²) in [6.07, 6.45) is 8.23. The zero-order chi connectivity index (χ0) is 11.3. The summed E-state index contributed by atoms with van der Waals surface area (Å²) in [5, 5.41) is 9.99. The normalized spacial score (nSPS) is 21.6. The molecule has 1 saturated carbocycles. The first-order valence-electron chi connectivity index (χ1n) is 6.27. The van der Waals surface area contributed by atoms with Crippen molar-refractivity contribution in [2.45, 2.75) is 70.5 Å². The predicted molar refractivity (Wildman–Crippen MR) is 62.9 cm³/mol. The monoisotopic (exact) mass is 214 g/mol. The molecule has 1 aliphatic rings. The zero-order valence-electron chi connectivity index (χ0n) is 10.5. The number of methoxy groups -OCH3 is 1. The molecule has 2 heteroatoms. The van der Waals surface area contributed by atoms with Crippen LogP contribution in [0.2, 0.25) is 0 Å². The van der Waals surface area contributed by atoms with Gasteiger partial charge in [-0.2, -0.15) is 0 Å². The summed E-state index contributed by atoms with van der Waals surface area (Å²) < 4.78 is 5.34. The van der Waals surface area contributed by atoms with E-state index in [1.165, 1.54) is 32.1 Å². The molecule has 0 saturated heterocycles. The van der Waals surface area contributed by atoms with Crippen LogP contribution in [0.15, 0.2) is 0 Å². The summed E-state index contributed by atoms with van der Waals surface area (Å²) in [7, 11) is 1.72. The van der Waals surface area contributed by atoms with Crippen molar-refractivity contribution in [3.8, 4) is 0 Å². The van der Waals surface area contributed by atoms with Crippen molar-refractivity contribution in [3.63, 3.8) is 0 Å². The Bertz CT molecular complexity index is 171. The van der Waals surface area contributed by atoms with E-state index in [9.17, 15) is 5.11 Å². The van der Waals surface area contributed by atoms with Gasteiger partial charge in [0.05, 0.1) is 11.7 Å². The van der Waals surface area contributed by atoms with Gasteiger partial charge in [0.15, 0.2) is 0 Å². The minimum absolute atomic E-state index is 0.186. The number of aliphatic hydroxyl groups is 1. The fraction of sp³-hybridized carbons (Fsp3) is 1.00. The van der Waals surface area contributed by atoms with Gasteiger partial charge in [0.1, 0.15) is 0 Å². The van der Waals surface area contributed by atoms with E-state index in [1.54, 1.807) is 7.11 Å². The van der Waals surface area contributed by atoms with E-state index in [0.717, 1.165) is 18.8 Å². The highest BCUT2D eigenvalue weighted by molar-refractivity contribution is 4.76. The highest BCUT2D eigenvalue weighted by Gasteiger charge is 2.24. The maximum Gasteiger partial charge on any atom is 0.0647 e. The smallest absolute Gasteiger partial charge is 0.0647 e. The number of aliphatic hydroxyl groups excluding tert-OH is 1. The number of hydrogen-bond donors (Lipinski definition) is 1. The maximum absolute atomic E-state index is 9.99. The molecule has 0 bridgehead atoms. The van der Waals surface area contributed by atoms with Crippen molar-refractivity contribution in [1.29, 1.82) is 0 Å². The summed E-state index contributed by atoms with van der Waals surface area (Å²) in [6.45, 7) is 4.08. The van der Waals surface area contributed by atoms with Crippen molar-refractivity contribution in [2.75, 3.05) is 7.11 Å².